The Morgan fingerprint density at radius 3 is 2.05 bits per heavy atom. The van der Waals surface area contributed by atoms with Crippen LogP contribution < -0.4 is 10.0 Å². The number of amides is 1. The number of sulfone groups is 1. The first-order valence-corrected chi connectivity index (χ1v) is 10.0. The molecule has 0 heterocycles. The highest BCUT2D eigenvalue weighted by Gasteiger charge is 2.19. The van der Waals surface area contributed by atoms with Crippen LogP contribution in [-0.4, -0.2) is 47.3 Å². The van der Waals surface area contributed by atoms with E-state index in [2.05, 4.69) is 10.0 Å². The quantitative estimate of drug-likeness (QED) is 0.682. The highest BCUT2D eigenvalue weighted by Crippen LogP contribution is 2.16. The average molecular weight is 348 g/mol. The van der Waals surface area contributed by atoms with Crippen LogP contribution in [0.3, 0.4) is 0 Å². The normalized spacial score (nSPS) is 12.4. The number of nitrogens with one attached hydrogen (secondary N) is 2. The molecule has 0 saturated heterocycles. The van der Waals surface area contributed by atoms with E-state index >= 15 is 0 Å². The molecule has 0 aliphatic carbocycles. The van der Waals surface area contributed by atoms with Crippen LogP contribution >= 0.6 is 0 Å². The summed E-state index contributed by atoms with van der Waals surface area (Å²) in [5.41, 5.74) is 0.307. The van der Waals surface area contributed by atoms with Crippen LogP contribution in [-0.2, 0) is 19.9 Å². The van der Waals surface area contributed by atoms with Gasteiger partial charge in [-0.3, -0.25) is 4.79 Å². The highest BCUT2D eigenvalue weighted by atomic mass is 32.2. The van der Waals surface area contributed by atoms with Crippen LogP contribution in [0.2, 0.25) is 0 Å². The Morgan fingerprint density at radius 1 is 1.05 bits per heavy atom. The van der Waals surface area contributed by atoms with Crippen LogP contribution in [0.15, 0.2) is 29.2 Å². The molecule has 0 aromatic heterocycles. The molecular weight excluding hydrogens is 328 g/mol. The number of carbonyl (C=O) groups is 1. The van der Waals surface area contributed by atoms with Gasteiger partial charge in [-0.15, -0.1) is 0 Å². The number of sulfonamides is 1. The minimum absolute atomic E-state index is 0.0877. The number of rotatable bonds is 7. The lowest BCUT2D eigenvalue weighted by Crippen LogP contribution is -2.34. The molecule has 1 aromatic carbocycles. The van der Waals surface area contributed by atoms with Crippen LogP contribution in [0, 0.1) is 0 Å². The molecule has 0 radical (unpaired) electrons. The van der Waals surface area contributed by atoms with Gasteiger partial charge in [0.05, 0.1) is 16.4 Å². The van der Waals surface area contributed by atoms with Gasteiger partial charge >= 0.3 is 0 Å². The van der Waals surface area contributed by atoms with Gasteiger partial charge in [-0.1, -0.05) is 0 Å². The molecule has 1 amide bonds. The summed E-state index contributed by atoms with van der Waals surface area (Å²) < 4.78 is 47.9. The first-order chi connectivity index (χ1) is 10.0. The van der Waals surface area contributed by atoms with E-state index in [9.17, 15) is 21.6 Å². The fraction of sp³-hybridized carbons (Fsp3) is 0.462. The predicted molar refractivity (Wildman–Crippen MR) is 83.9 cm³/mol. The summed E-state index contributed by atoms with van der Waals surface area (Å²) in [6.45, 7) is 3.40. The van der Waals surface area contributed by atoms with E-state index in [1.54, 1.807) is 13.8 Å². The van der Waals surface area contributed by atoms with Gasteiger partial charge in [-0.25, -0.2) is 21.6 Å². The molecule has 0 aliphatic heterocycles. The lowest BCUT2D eigenvalue weighted by molar-refractivity contribution is 0.0954. The molecule has 0 spiro atoms. The molecule has 22 heavy (non-hydrogen) atoms. The SMILES string of the molecule is CC(C)S(=O)(=O)c1ccc(C(=O)NCCNS(C)(=O)=O)cc1. The molecular formula is C13H20N2O5S2. The van der Waals surface area contributed by atoms with E-state index < -0.39 is 31.0 Å². The zero-order chi connectivity index (χ0) is 17.0. The van der Waals surface area contributed by atoms with E-state index in [1.165, 1.54) is 24.3 Å². The summed E-state index contributed by atoms with van der Waals surface area (Å²) in [6, 6.07) is 5.63. The minimum atomic E-state index is -3.37. The third kappa shape index (κ3) is 5.39. The van der Waals surface area contributed by atoms with Gasteiger partial charge in [0.15, 0.2) is 9.84 Å². The number of hydrogen-bond acceptors (Lipinski definition) is 5. The average Bonchev–Trinajstić information content (AvgIpc) is 2.42. The summed E-state index contributed by atoms with van der Waals surface area (Å²) >= 11 is 0. The Kier molecular flexibility index (Phi) is 6.09. The summed E-state index contributed by atoms with van der Waals surface area (Å²) in [5, 5.41) is 2.00. The monoisotopic (exact) mass is 348 g/mol. The first-order valence-electron chi connectivity index (χ1n) is 6.61. The Labute approximate surface area is 131 Å². The summed E-state index contributed by atoms with van der Waals surface area (Å²) in [6.07, 6.45) is 1.03. The fourth-order valence-electron chi connectivity index (χ4n) is 1.58. The van der Waals surface area contributed by atoms with Crippen molar-refractivity contribution in [3.8, 4) is 0 Å². The largest absolute Gasteiger partial charge is 0.351 e. The van der Waals surface area contributed by atoms with Crippen LogP contribution in [0.1, 0.15) is 24.2 Å². The maximum absolute atomic E-state index is 12.0. The maximum atomic E-state index is 12.0. The predicted octanol–water partition coefficient (Wildman–Crippen LogP) is 0.148. The van der Waals surface area contributed by atoms with Gasteiger partial charge < -0.3 is 5.32 Å². The third-order valence-electron chi connectivity index (χ3n) is 2.84. The van der Waals surface area contributed by atoms with E-state index in [0.717, 1.165) is 6.26 Å². The molecule has 1 aromatic rings. The molecule has 1 rings (SSSR count). The van der Waals surface area contributed by atoms with Crippen LogP contribution in [0.25, 0.3) is 0 Å². The van der Waals surface area contributed by atoms with Crippen LogP contribution in [0.5, 0.6) is 0 Å². The molecule has 0 saturated carbocycles. The Morgan fingerprint density at radius 2 is 1.59 bits per heavy atom. The number of carbonyl (C=O) groups excluding carboxylic acids is 1. The summed E-state index contributed by atoms with van der Waals surface area (Å²) in [4.78, 5) is 12.0. The van der Waals surface area contributed by atoms with Gasteiger partial charge in [0.25, 0.3) is 5.91 Å². The van der Waals surface area contributed by atoms with Crippen LogP contribution in [0.4, 0.5) is 0 Å². The first kappa shape index (κ1) is 18.6. The zero-order valence-corrected chi connectivity index (χ0v) is 14.3. The molecule has 0 bridgehead atoms. The second-order valence-electron chi connectivity index (χ2n) is 5.04. The minimum Gasteiger partial charge on any atom is -0.351 e. The van der Waals surface area contributed by atoms with Gasteiger partial charge in [0.2, 0.25) is 10.0 Å². The van der Waals surface area contributed by atoms with Crippen molar-refractivity contribution in [2.75, 3.05) is 19.3 Å². The smallest absolute Gasteiger partial charge is 0.251 e. The molecule has 9 heteroatoms. The van der Waals surface area contributed by atoms with Gasteiger partial charge in [0.1, 0.15) is 0 Å². The fourth-order valence-corrected chi connectivity index (χ4v) is 3.12. The zero-order valence-electron chi connectivity index (χ0n) is 12.7. The number of benzene rings is 1. The summed E-state index contributed by atoms with van der Waals surface area (Å²) in [5.74, 6) is -0.399. The standard InChI is InChI=1S/C13H20N2O5S2/c1-10(2)22(19,20)12-6-4-11(5-7-12)13(16)14-8-9-15-21(3,17)18/h4-7,10,15H,8-9H2,1-3H3,(H,14,16). The Balaban J connectivity index is 2.65. The van der Waals surface area contributed by atoms with E-state index in [0.29, 0.717) is 5.56 Å². The molecule has 124 valence electrons. The third-order valence-corrected chi connectivity index (χ3v) is 5.74. The van der Waals surface area contributed by atoms with E-state index in [-0.39, 0.29) is 18.0 Å². The van der Waals surface area contributed by atoms with Crippen molar-refractivity contribution >= 4 is 25.8 Å². The van der Waals surface area contributed by atoms with Crippen molar-refractivity contribution in [3.63, 3.8) is 0 Å². The molecule has 7 nitrogen and oxygen atoms in total. The highest BCUT2D eigenvalue weighted by molar-refractivity contribution is 7.92. The lowest BCUT2D eigenvalue weighted by atomic mass is 10.2. The molecule has 0 atom stereocenters. The van der Waals surface area contributed by atoms with Crippen molar-refractivity contribution < 1.29 is 21.6 Å². The van der Waals surface area contributed by atoms with Crippen molar-refractivity contribution in [2.45, 2.75) is 24.0 Å². The molecule has 0 aliphatic rings. The Hall–Kier alpha value is -1.45. The molecule has 0 fully saturated rings. The van der Waals surface area contributed by atoms with Gasteiger partial charge in [-0.05, 0) is 38.1 Å². The van der Waals surface area contributed by atoms with Crippen molar-refractivity contribution in [1.82, 2.24) is 10.0 Å². The molecule has 2 N–H and O–H groups in total. The van der Waals surface area contributed by atoms with Gasteiger partial charge in [0, 0.05) is 18.7 Å². The van der Waals surface area contributed by atoms with E-state index in [4.69, 9.17) is 0 Å². The van der Waals surface area contributed by atoms with Gasteiger partial charge in [-0.2, -0.15) is 0 Å². The van der Waals surface area contributed by atoms with E-state index in [1.807, 2.05) is 0 Å². The lowest BCUT2D eigenvalue weighted by Gasteiger charge is -2.09. The number of hydrogen-bond donors (Lipinski definition) is 2. The second kappa shape index (κ2) is 7.21. The maximum Gasteiger partial charge on any atom is 0.251 e. The second-order valence-corrected chi connectivity index (χ2v) is 9.38. The van der Waals surface area contributed by atoms with Crippen molar-refractivity contribution in [1.29, 1.82) is 0 Å². The molecule has 0 unspecified atom stereocenters. The van der Waals surface area contributed by atoms with Crippen molar-refractivity contribution in [3.05, 3.63) is 29.8 Å². The Bertz CT molecular complexity index is 722. The topological polar surface area (TPSA) is 109 Å². The van der Waals surface area contributed by atoms with Crippen molar-refractivity contribution in [2.24, 2.45) is 0 Å². The summed E-state index contributed by atoms with van der Waals surface area (Å²) in [7, 11) is -6.65.